The Balaban J connectivity index is 1.44. The molecule has 3 heterocycles. The first-order chi connectivity index (χ1) is 10.8. The van der Waals surface area contributed by atoms with Gasteiger partial charge in [0.25, 0.3) is 0 Å². The molecule has 0 aromatic carbocycles. The first kappa shape index (κ1) is 13.8. The fourth-order valence-corrected chi connectivity index (χ4v) is 3.42. The van der Waals surface area contributed by atoms with E-state index in [2.05, 4.69) is 30.7 Å². The Bertz CT molecular complexity index is 651. The van der Waals surface area contributed by atoms with Gasteiger partial charge in [0.05, 0.1) is 18.6 Å². The Labute approximate surface area is 131 Å². The van der Waals surface area contributed by atoms with Crippen LogP contribution in [0.2, 0.25) is 0 Å². The smallest absolute Gasteiger partial charge is 0.243 e. The van der Waals surface area contributed by atoms with Crippen molar-refractivity contribution in [2.45, 2.75) is 44.3 Å². The van der Waals surface area contributed by atoms with Crippen LogP contribution in [0.25, 0.3) is 0 Å². The maximum atomic E-state index is 12.4. The maximum Gasteiger partial charge on any atom is 0.243 e. The van der Waals surface area contributed by atoms with E-state index in [1.807, 2.05) is 10.1 Å². The number of likely N-dealkylation sites (tertiary alicyclic amines) is 1. The molecule has 4 rings (SSSR count). The number of carbonyl (C=O) groups is 1. The second-order valence-corrected chi connectivity index (χ2v) is 6.62. The number of hydrogen-bond acceptors (Lipinski definition) is 7. The molecule has 1 amide bonds. The normalized spacial score (nSPS) is 22.1. The molecular weight excluding hydrogens is 302 g/mol. The number of amides is 1. The summed E-state index contributed by atoms with van der Waals surface area (Å²) < 4.78 is 1.91. The third-order valence-corrected chi connectivity index (χ3v) is 4.82. The fourth-order valence-electron chi connectivity index (χ4n) is 2.89. The molecule has 2 fully saturated rings. The molecule has 116 valence electrons. The molecule has 0 radical (unpaired) electrons. The van der Waals surface area contributed by atoms with Crippen LogP contribution in [-0.4, -0.2) is 48.6 Å². The lowest BCUT2D eigenvalue weighted by atomic mass is 10.2. The number of anilines is 1. The van der Waals surface area contributed by atoms with Gasteiger partial charge in [-0.15, -0.1) is 16.4 Å². The van der Waals surface area contributed by atoms with Gasteiger partial charge >= 0.3 is 0 Å². The second-order valence-electron chi connectivity index (χ2n) is 5.73. The van der Waals surface area contributed by atoms with Gasteiger partial charge in [-0.05, 0) is 42.7 Å². The number of hydrogen-bond donors (Lipinski definition) is 1. The maximum absolute atomic E-state index is 12.4. The monoisotopic (exact) mass is 319 g/mol. The average Bonchev–Trinajstić information content (AvgIpc) is 2.96. The summed E-state index contributed by atoms with van der Waals surface area (Å²) in [6, 6.07) is 0.323. The van der Waals surface area contributed by atoms with Crippen molar-refractivity contribution in [2.24, 2.45) is 0 Å². The summed E-state index contributed by atoms with van der Waals surface area (Å²) in [5.41, 5.74) is 0. The number of aromatic nitrogens is 5. The predicted molar refractivity (Wildman–Crippen MR) is 80.3 cm³/mol. The van der Waals surface area contributed by atoms with Crippen LogP contribution in [0.15, 0.2) is 11.6 Å². The summed E-state index contributed by atoms with van der Waals surface area (Å²) in [6.45, 7) is 1.52. The summed E-state index contributed by atoms with van der Waals surface area (Å²) in [5.74, 6) is 0.870. The molecule has 1 aliphatic heterocycles. The Morgan fingerprint density at radius 2 is 2.32 bits per heavy atom. The van der Waals surface area contributed by atoms with Crippen molar-refractivity contribution in [3.05, 3.63) is 17.4 Å². The number of rotatable bonds is 5. The third-order valence-electron chi connectivity index (χ3n) is 4.13. The van der Waals surface area contributed by atoms with Gasteiger partial charge in [-0.25, -0.2) is 9.67 Å². The molecule has 22 heavy (non-hydrogen) atoms. The molecular formula is C13H17N7OS. The van der Waals surface area contributed by atoms with Crippen molar-refractivity contribution < 1.29 is 4.79 Å². The molecule has 0 bridgehead atoms. The van der Waals surface area contributed by atoms with Crippen molar-refractivity contribution in [2.75, 3.05) is 11.9 Å². The van der Waals surface area contributed by atoms with Gasteiger partial charge in [-0.1, -0.05) is 0 Å². The zero-order valence-electron chi connectivity index (χ0n) is 12.1. The molecule has 1 saturated heterocycles. The topological polar surface area (TPSA) is 88.8 Å². The van der Waals surface area contributed by atoms with E-state index in [-0.39, 0.29) is 11.9 Å². The number of thiazole rings is 1. The van der Waals surface area contributed by atoms with Gasteiger partial charge in [0.2, 0.25) is 5.91 Å². The van der Waals surface area contributed by atoms with E-state index in [9.17, 15) is 4.79 Å². The summed E-state index contributed by atoms with van der Waals surface area (Å²) in [5, 5.41) is 17.4. The first-order valence-corrected chi connectivity index (χ1v) is 8.40. The average molecular weight is 319 g/mol. The highest BCUT2D eigenvalue weighted by Crippen LogP contribution is 2.35. The summed E-state index contributed by atoms with van der Waals surface area (Å²) in [6.07, 6.45) is 5.86. The molecule has 1 unspecified atom stereocenters. The Morgan fingerprint density at radius 1 is 1.41 bits per heavy atom. The van der Waals surface area contributed by atoms with Gasteiger partial charge in [-0.3, -0.25) is 9.69 Å². The Morgan fingerprint density at radius 3 is 3.09 bits per heavy atom. The molecule has 9 heteroatoms. The largest absolute Gasteiger partial charge is 0.301 e. The lowest BCUT2D eigenvalue weighted by molar-refractivity contribution is -0.120. The SMILES string of the molecule is O=C(Nc1nccs1)C1CCCN1Cc1nnnn1C1CC1. The van der Waals surface area contributed by atoms with Crippen LogP contribution in [0, 0.1) is 0 Å². The van der Waals surface area contributed by atoms with Gasteiger partial charge in [0, 0.05) is 11.6 Å². The van der Waals surface area contributed by atoms with Crippen LogP contribution >= 0.6 is 11.3 Å². The van der Waals surface area contributed by atoms with Gasteiger partial charge in [0.15, 0.2) is 11.0 Å². The molecule has 2 aromatic rings. The predicted octanol–water partition coefficient (Wildman–Crippen LogP) is 1.07. The van der Waals surface area contributed by atoms with E-state index in [4.69, 9.17) is 0 Å². The standard InChI is InChI=1S/C13H17N7OS/c21-12(15-13-14-5-7-22-13)10-2-1-6-19(10)8-11-16-17-18-20(11)9-3-4-9/h5,7,9-10H,1-4,6,8H2,(H,14,15,21). The van der Waals surface area contributed by atoms with Crippen LogP contribution in [0.5, 0.6) is 0 Å². The van der Waals surface area contributed by atoms with Gasteiger partial charge in [0.1, 0.15) is 0 Å². The second kappa shape index (κ2) is 5.73. The number of nitrogens with zero attached hydrogens (tertiary/aromatic N) is 6. The highest BCUT2D eigenvalue weighted by atomic mass is 32.1. The lowest BCUT2D eigenvalue weighted by Crippen LogP contribution is -2.39. The highest BCUT2D eigenvalue weighted by molar-refractivity contribution is 7.13. The molecule has 8 nitrogen and oxygen atoms in total. The van der Waals surface area contributed by atoms with Crippen LogP contribution in [0.1, 0.15) is 37.5 Å². The minimum absolute atomic E-state index is 0.0119. The first-order valence-electron chi connectivity index (χ1n) is 7.52. The third kappa shape index (κ3) is 2.73. The molecule has 1 saturated carbocycles. The van der Waals surface area contributed by atoms with Crippen molar-refractivity contribution in [3.63, 3.8) is 0 Å². The number of tetrazole rings is 1. The zero-order valence-corrected chi connectivity index (χ0v) is 12.9. The Hall–Kier alpha value is -1.87. The van der Waals surface area contributed by atoms with Crippen LogP contribution in [0.4, 0.5) is 5.13 Å². The number of nitrogens with one attached hydrogen (secondary N) is 1. The minimum Gasteiger partial charge on any atom is -0.301 e. The van der Waals surface area contributed by atoms with E-state index < -0.39 is 0 Å². The summed E-state index contributed by atoms with van der Waals surface area (Å²) in [7, 11) is 0. The summed E-state index contributed by atoms with van der Waals surface area (Å²) >= 11 is 1.43. The van der Waals surface area contributed by atoms with E-state index in [1.165, 1.54) is 11.3 Å². The van der Waals surface area contributed by atoms with Crippen molar-refractivity contribution in [3.8, 4) is 0 Å². The number of carbonyl (C=O) groups excluding carboxylic acids is 1. The highest BCUT2D eigenvalue weighted by Gasteiger charge is 2.34. The van der Waals surface area contributed by atoms with E-state index >= 15 is 0 Å². The van der Waals surface area contributed by atoms with Crippen molar-refractivity contribution in [1.82, 2.24) is 30.1 Å². The zero-order chi connectivity index (χ0) is 14.9. The van der Waals surface area contributed by atoms with Crippen LogP contribution in [0.3, 0.4) is 0 Å². The Kier molecular flexibility index (Phi) is 3.59. The minimum atomic E-state index is -0.131. The van der Waals surface area contributed by atoms with Gasteiger partial charge in [-0.2, -0.15) is 0 Å². The van der Waals surface area contributed by atoms with E-state index in [1.54, 1.807) is 6.20 Å². The molecule has 1 atom stereocenters. The quantitative estimate of drug-likeness (QED) is 0.887. The van der Waals surface area contributed by atoms with Crippen molar-refractivity contribution >= 4 is 22.4 Å². The molecule has 2 aliphatic rings. The molecule has 2 aromatic heterocycles. The summed E-state index contributed by atoms with van der Waals surface area (Å²) in [4.78, 5) is 18.7. The fraction of sp³-hybridized carbons (Fsp3) is 0.615. The lowest BCUT2D eigenvalue weighted by Gasteiger charge is -2.22. The van der Waals surface area contributed by atoms with E-state index in [0.29, 0.717) is 17.7 Å². The molecule has 1 aliphatic carbocycles. The van der Waals surface area contributed by atoms with Crippen LogP contribution in [-0.2, 0) is 11.3 Å². The van der Waals surface area contributed by atoms with Crippen molar-refractivity contribution in [1.29, 1.82) is 0 Å². The van der Waals surface area contributed by atoms with E-state index in [0.717, 1.165) is 38.1 Å². The molecule has 1 N–H and O–H groups in total. The van der Waals surface area contributed by atoms with Gasteiger partial charge < -0.3 is 5.32 Å². The van der Waals surface area contributed by atoms with Crippen LogP contribution < -0.4 is 5.32 Å². The molecule has 0 spiro atoms.